The van der Waals surface area contributed by atoms with Gasteiger partial charge >= 0.3 is 23.0 Å². The smallest absolute Gasteiger partial charge is 0.386 e. The molecule has 0 amide bonds. The molecule has 11 heteroatoms. The Morgan fingerprint density at radius 1 is 1.00 bits per heavy atom. The van der Waals surface area contributed by atoms with Crippen molar-refractivity contribution in [2.45, 2.75) is 17.5 Å². The molecular weight excluding hydrogens is 278 g/mol. The molecule has 1 heterocycles. The van der Waals surface area contributed by atoms with Crippen molar-refractivity contribution >= 4 is 11.9 Å². The molecule has 1 N–H and O–H groups in total. The van der Waals surface area contributed by atoms with Crippen molar-refractivity contribution in [1.82, 2.24) is 5.32 Å². The molecule has 0 spiro atoms. The van der Waals surface area contributed by atoms with Crippen LogP contribution in [0, 0.1) is 20.2 Å². The zero-order chi connectivity index (χ0) is 15.6. The zero-order valence-corrected chi connectivity index (χ0v) is 10.8. The number of hydrogen-bond acceptors (Lipinski definition) is 9. The van der Waals surface area contributed by atoms with Gasteiger partial charge in [0, 0.05) is 9.85 Å². The summed E-state index contributed by atoms with van der Waals surface area (Å²) in [5, 5.41) is 24.8. The van der Waals surface area contributed by atoms with E-state index >= 15 is 0 Å². The minimum atomic E-state index is -2.41. The van der Waals surface area contributed by atoms with Crippen molar-refractivity contribution < 1.29 is 28.9 Å². The van der Waals surface area contributed by atoms with Gasteiger partial charge in [0.05, 0.1) is 27.3 Å². The van der Waals surface area contributed by atoms with Crippen molar-refractivity contribution in [3.63, 3.8) is 0 Å². The van der Waals surface area contributed by atoms with E-state index in [0.29, 0.717) is 0 Å². The van der Waals surface area contributed by atoms with Gasteiger partial charge in [0.1, 0.15) is 6.42 Å². The van der Waals surface area contributed by atoms with E-state index in [1.54, 1.807) is 0 Å². The van der Waals surface area contributed by atoms with Gasteiger partial charge in [0.2, 0.25) is 0 Å². The van der Waals surface area contributed by atoms with E-state index in [2.05, 4.69) is 14.8 Å². The Balaban J connectivity index is 3.33. The fourth-order valence-electron chi connectivity index (χ4n) is 2.16. The molecule has 0 radical (unpaired) electrons. The summed E-state index contributed by atoms with van der Waals surface area (Å²) in [5.74, 6) is -2.52. The van der Waals surface area contributed by atoms with Crippen LogP contribution in [0.4, 0.5) is 0 Å². The monoisotopic (exact) mass is 291 g/mol. The maximum Gasteiger partial charge on any atom is 0.386 e. The minimum Gasteiger partial charge on any atom is -0.464 e. The lowest BCUT2D eigenvalue weighted by Crippen LogP contribution is -2.70. The van der Waals surface area contributed by atoms with Crippen molar-refractivity contribution in [3.8, 4) is 0 Å². The molecule has 0 bridgehead atoms. The molecule has 1 aliphatic heterocycles. The number of nitrogens with one attached hydrogen (secondary N) is 1. The molecular formula is C9H13N3O8. The van der Waals surface area contributed by atoms with Crippen LogP contribution in [-0.4, -0.2) is 60.2 Å². The number of esters is 2. The van der Waals surface area contributed by atoms with Gasteiger partial charge in [0.25, 0.3) is 0 Å². The van der Waals surface area contributed by atoms with Crippen LogP contribution in [0.3, 0.4) is 0 Å². The number of nitro groups is 2. The second kappa shape index (κ2) is 5.36. The van der Waals surface area contributed by atoms with Crippen molar-refractivity contribution in [1.29, 1.82) is 0 Å². The van der Waals surface area contributed by atoms with Crippen molar-refractivity contribution in [3.05, 3.63) is 20.2 Å². The first-order valence-electron chi connectivity index (χ1n) is 5.43. The Bertz CT molecular complexity index is 426. The van der Waals surface area contributed by atoms with Crippen molar-refractivity contribution in [2.24, 2.45) is 0 Å². The highest BCUT2D eigenvalue weighted by Crippen LogP contribution is 2.31. The van der Waals surface area contributed by atoms with Crippen LogP contribution in [0.1, 0.15) is 6.42 Å². The molecule has 2 atom stereocenters. The fourth-order valence-corrected chi connectivity index (χ4v) is 2.16. The highest BCUT2D eigenvalue weighted by atomic mass is 16.7. The quantitative estimate of drug-likeness (QED) is 0.365. The second-order valence-electron chi connectivity index (χ2n) is 4.34. The van der Waals surface area contributed by atoms with Crippen LogP contribution >= 0.6 is 0 Å². The number of carbonyl (C=O) groups excluding carboxylic acids is 2. The zero-order valence-electron chi connectivity index (χ0n) is 10.8. The summed E-state index contributed by atoms with van der Waals surface area (Å²) >= 11 is 0. The summed E-state index contributed by atoms with van der Waals surface area (Å²) in [4.78, 5) is 43.8. The molecule has 0 aliphatic carbocycles. The summed E-state index contributed by atoms with van der Waals surface area (Å²) in [6.07, 6.45) is -0.938. The van der Waals surface area contributed by atoms with Crippen molar-refractivity contribution in [2.75, 3.05) is 27.3 Å². The molecule has 1 aliphatic rings. The second-order valence-corrected chi connectivity index (χ2v) is 4.34. The first-order chi connectivity index (χ1) is 9.26. The highest BCUT2D eigenvalue weighted by molar-refractivity contribution is 5.85. The van der Waals surface area contributed by atoms with Crippen LogP contribution in [0.5, 0.6) is 0 Å². The third kappa shape index (κ3) is 2.15. The number of carbonyl (C=O) groups is 2. The first-order valence-corrected chi connectivity index (χ1v) is 5.43. The Morgan fingerprint density at radius 2 is 1.35 bits per heavy atom. The lowest BCUT2D eigenvalue weighted by atomic mass is 9.79. The van der Waals surface area contributed by atoms with Gasteiger partial charge in [-0.25, -0.2) is 9.59 Å². The van der Waals surface area contributed by atoms with Gasteiger partial charge in [-0.15, -0.1) is 0 Å². The number of hydrogen-bond donors (Lipinski definition) is 1. The van der Waals surface area contributed by atoms with E-state index < -0.39 is 52.4 Å². The van der Waals surface area contributed by atoms with E-state index in [9.17, 15) is 29.8 Å². The van der Waals surface area contributed by atoms with E-state index in [0.717, 1.165) is 14.2 Å². The van der Waals surface area contributed by atoms with Gasteiger partial charge in [-0.1, -0.05) is 0 Å². The Kier molecular flexibility index (Phi) is 4.23. The molecule has 2 unspecified atom stereocenters. The van der Waals surface area contributed by atoms with Crippen LogP contribution in [0.25, 0.3) is 0 Å². The third-order valence-corrected chi connectivity index (χ3v) is 3.25. The highest BCUT2D eigenvalue weighted by Gasteiger charge is 2.69. The summed E-state index contributed by atoms with van der Waals surface area (Å²) in [7, 11) is 1.85. The lowest BCUT2D eigenvalue weighted by molar-refractivity contribution is -0.601. The minimum absolute atomic E-state index is 0.473. The largest absolute Gasteiger partial charge is 0.464 e. The molecule has 1 rings (SSSR count). The Hall–Kier alpha value is -2.30. The van der Waals surface area contributed by atoms with Crippen LogP contribution in [0.2, 0.25) is 0 Å². The number of methoxy groups -OCH3 is 2. The molecule has 11 nitrogen and oxygen atoms in total. The maximum atomic E-state index is 11.7. The van der Waals surface area contributed by atoms with E-state index in [4.69, 9.17) is 0 Å². The van der Waals surface area contributed by atoms with Gasteiger partial charge in [0.15, 0.2) is 0 Å². The fraction of sp³-hybridized carbons (Fsp3) is 0.778. The lowest BCUT2D eigenvalue weighted by Gasteiger charge is -2.34. The van der Waals surface area contributed by atoms with Gasteiger partial charge in [-0.2, -0.15) is 0 Å². The van der Waals surface area contributed by atoms with Gasteiger partial charge in [-0.05, 0) is 0 Å². The number of rotatable bonds is 4. The Labute approximate surface area is 112 Å². The number of nitrogens with zero attached hydrogens (tertiary/aromatic N) is 2. The summed E-state index contributed by atoms with van der Waals surface area (Å²) in [5.41, 5.74) is -4.82. The predicted molar refractivity (Wildman–Crippen MR) is 61.0 cm³/mol. The first kappa shape index (κ1) is 15.8. The number of piperidine rings is 1. The van der Waals surface area contributed by atoms with Crippen LogP contribution in [0.15, 0.2) is 0 Å². The molecule has 0 aromatic rings. The van der Waals surface area contributed by atoms with Crippen LogP contribution < -0.4 is 5.32 Å². The maximum absolute atomic E-state index is 11.7. The molecule has 112 valence electrons. The third-order valence-electron chi connectivity index (χ3n) is 3.25. The SMILES string of the molecule is COC(=O)C1([N+](=O)[O-])CNCC(C(=O)OC)([N+](=O)[O-])C1. The van der Waals surface area contributed by atoms with Gasteiger partial charge < -0.3 is 14.8 Å². The van der Waals surface area contributed by atoms with Gasteiger partial charge in [-0.3, -0.25) is 20.2 Å². The molecule has 0 saturated carbocycles. The average Bonchev–Trinajstić information content (AvgIpc) is 2.44. The summed E-state index contributed by atoms with van der Waals surface area (Å²) in [6, 6.07) is 0. The molecule has 0 aromatic heterocycles. The standard InChI is InChI=1S/C9H13N3O8/c1-19-6(13)8(11(15)16)3-9(12(17)18,5-10-4-8)7(14)20-2/h10H,3-5H2,1-2H3. The normalized spacial score (nSPS) is 29.3. The number of ether oxygens (including phenoxy) is 2. The van der Waals surface area contributed by atoms with E-state index in [1.807, 2.05) is 0 Å². The van der Waals surface area contributed by atoms with E-state index in [-0.39, 0.29) is 0 Å². The molecule has 0 aromatic carbocycles. The summed E-state index contributed by atoms with van der Waals surface area (Å²) in [6.45, 7) is -0.946. The van der Waals surface area contributed by atoms with Crippen LogP contribution in [-0.2, 0) is 19.1 Å². The molecule has 1 fully saturated rings. The average molecular weight is 291 g/mol. The topological polar surface area (TPSA) is 151 Å². The Morgan fingerprint density at radius 3 is 1.60 bits per heavy atom. The summed E-state index contributed by atoms with van der Waals surface area (Å²) < 4.78 is 8.69. The predicted octanol–water partition coefficient (Wildman–Crippen LogP) is -1.64. The molecule has 20 heavy (non-hydrogen) atoms. The molecule has 1 saturated heterocycles. The van der Waals surface area contributed by atoms with E-state index in [1.165, 1.54) is 0 Å².